The molecule has 0 heterocycles. The van der Waals surface area contributed by atoms with Crippen molar-refractivity contribution in [3.63, 3.8) is 0 Å². The molecule has 0 saturated heterocycles. The van der Waals surface area contributed by atoms with E-state index in [4.69, 9.17) is 9.47 Å². The molecule has 0 aromatic heterocycles. The average Bonchev–Trinajstić information content (AvgIpc) is 2.63. The van der Waals surface area contributed by atoms with Crippen molar-refractivity contribution in [3.05, 3.63) is 53.6 Å². The predicted octanol–water partition coefficient (Wildman–Crippen LogP) is 2.80. The molecule has 138 valence electrons. The lowest BCUT2D eigenvalue weighted by Crippen LogP contribution is -2.37. The van der Waals surface area contributed by atoms with Crippen molar-refractivity contribution in [1.29, 1.82) is 0 Å². The van der Waals surface area contributed by atoms with Gasteiger partial charge in [-0.1, -0.05) is 6.07 Å². The molecular formula is C18H18F2N2O4. The van der Waals surface area contributed by atoms with Gasteiger partial charge in [-0.05, 0) is 36.8 Å². The number of carbonyl (C=O) groups is 2. The predicted molar refractivity (Wildman–Crippen MR) is 91.1 cm³/mol. The highest BCUT2D eigenvalue weighted by molar-refractivity contribution is 6.39. The van der Waals surface area contributed by atoms with Crippen molar-refractivity contribution in [3.8, 4) is 11.5 Å². The fourth-order valence-corrected chi connectivity index (χ4v) is 2.24. The quantitative estimate of drug-likeness (QED) is 0.800. The third kappa shape index (κ3) is 4.47. The number of amides is 2. The maximum atomic E-state index is 13.5. The smallest absolute Gasteiger partial charge is 0.313 e. The van der Waals surface area contributed by atoms with Crippen molar-refractivity contribution in [1.82, 2.24) is 5.32 Å². The van der Waals surface area contributed by atoms with E-state index in [-0.39, 0.29) is 5.69 Å². The second-order valence-electron chi connectivity index (χ2n) is 5.39. The number of rotatable bonds is 5. The van der Waals surface area contributed by atoms with Crippen molar-refractivity contribution >= 4 is 17.5 Å². The summed E-state index contributed by atoms with van der Waals surface area (Å²) in [5, 5.41) is 4.59. The number of hydrogen-bond acceptors (Lipinski definition) is 4. The van der Waals surface area contributed by atoms with Gasteiger partial charge in [-0.15, -0.1) is 0 Å². The Kier molecular flexibility index (Phi) is 6.11. The van der Waals surface area contributed by atoms with Crippen LogP contribution in [0.4, 0.5) is 14.5 Å². The van der Waals surface area contributed by atoms with Crippen LogP contribution in [0.2, 0.25) is 0 Å². The van der Waals surface area contributed by atoms with E-state index in [1.165, 1.54) is 14.2 Å². The molecule has 2 N–H and O–H groups in total. The molecule has 0 spiro atoms. The Balaban J connectivity index is 2.05. The summed E-state index contributed by atoms with van der Waals surface area (Å²) in [6.45, 7) is 1.67. The van der Waals surface area contributed by atoms with E-state index in [9.17, 15) is 18.4 Å². The van der Waals surface area contributed by atoms with Gasteiger partial charge in [-0.2, -0.15) is 0 Å². The minimum Gasteiger partial charge on any atom is -0.493 e. The summed E-state index contributed by atoms with van der Waals surface area (Å²) in [7, 11) is 2.98. The molecule has 2 aromatic rings. The monoisotopic (exact) mass is 364 g/mol. The normalized spacial score (nSPS) is 11.4. The molecule has 6 nitrogen and oxygen atoms in total. The number of methoxy groups -OCH3 is 2. The Hall–Kier alpha value is -3.16. The zero-order valence-electron chi connectivity index (χ0n) is 14.4. The van der Waals surface area contributed by atoms with E-state index in [1.807, 2.05) is 0 Å². The van der Waals surface area contributed by atoms with Crippen molar-refractivity contribution in [2.45, 2.75) is 13.0 Å². The molecule has 8 heteroatoms. The SMILES string of the molecule is COc1ccc(C(C)NC(=O)C(=O)Nc2ccc(F)cc2F)cc1OC. The van der Waals surface area contributed by atoms with Crippen LogP contribution in [-0.2, 0) is 9.59 Å². The first-order chi connectivity index (χ1) is 12.3. The molecule has 0 aliphatic heterocycles. The van der Waals surface area contributed by atoms with Gasteiger partial charge in [0.05, 0.1) is 25.9 Å². The third-order valence-corrected chi connectivity index (χ3v) is 3.64. The van der Waals surface area contributed by atoms with Crippen LogP contribution in [0.1, 0.15) is 18.5 Å². The van der Waals surface area contributed by atoms with Crippen LogP contribution in [0.25, 0.3) is 0 Å². The molecule has 2 aromatic carbocycles. The second kappa shape index (κ2) is 8.28. The molecule has 1 atom stereocenters. The summed E-state index contributed by atoms with van der Waals surface area (Å²) in [6.07, 6.45) is 0. The molecule has 2 rings (SSSR count). The summed E-state index contributed by atoms with van der Waals surface area (Å²) >= 11 is 0. The fourth-order valence-electron chi connectivity index (χ4n) is 2.24. The first-order valence-corrected chi connectivity index (χ1v) is 7.64. The number of carbonyl (C=O) groups excluding carboxylic acids is 2. The van der Waals surface area contributed by atoms with Crippen LogP contribution in [0.5, 0.6) is 11.5 Å². The summed E-state index contributed by atoms with van der Waals surface area (Å²) in [6, 6.07) is 7.15. The fraction of sp³-hybridized carbons (Fsp3) is 0.222. The van der Waals surface area contributed by atoms with E-state index in [0.717, 1.165) is 12.1 Å². The topological polar surface area (TPSA) is 76.7 Å². The highest BCUT2D eigenvalue weighted by atomic mass is 19.1. The average molecular weight is 364 g/mol. The highest BCUT2D eigenvalue weighted by Crippen LogP contribution is 2.29. The van der Waals surface area contributed by atoms with Crippen molar-refractivity contribution in [2.75, 3.05) is 19.5 Å². The van der Waals surface area contributed by atoms with Crippen LogP contribution >= 0.6 is 0 Å². The Morgan fingerprint density at radius 2 is 1.65 bits per heavy atom. The summed E-state index contributed by atoms with van der Waals surface area (Å²) in [5.41, 5.74) is 0.391. The van der Waals surface area contributed by atoms with E-state index >= 15 is 0 Å². The molecule has 1 unspecified atom stereocenters. The number of ether oxygens (including phenoxy) is 2. The number of nitrogens with one attached hydrogen (secondary N) is 2. The highest BCUT2D eigenvalue weighted by Gasteiger charge is 2.19. The number of anilines is 1. The van der Waals surface area contributed by atoms with E-state index < -0.39 is 29.5 Å². The molecule has 0 fully saturated rings. The zero-order valence-corrected chi connectivity index (χ0v) is 14.4. The lowest BCUT2D eigenvalue weighted by Gasteiger charge is -2.16. The number of halogens is 2. The second-order valence-corrected chi connectivity index (χ2v) is 5.39. The zero-order chi connectivity index (χ0) is 19.3. The van der Waals surface area contributed by atoms with E-state index in [2.05, 4.69) is 10.6 Å². The Morgan fingerprint density at radius 1 is 0.962 bits per heavy atom. The molecule has 2 amide bonds. The first kappa shape index (κ1) is 19.2. The molecule has 0 saturated carbocycles. The van der Waals surface area contributed by atoms with Gasteiger partial charge in [0.15, 0.2) is 11.5 Å². The van der Waals surface area contributed by atoms with E-state index in [0.29, 0.717) is 23.1 Å². The standard InChI is InChI=1S/C18H18F2N2O4/c1-10(11-4-7-15(25-2)16(8-11)26-3)21-17(23)18(24)22-14-6-5-12(19)9-13(14)20/h4-10H,1-3H3,(H,21,23)(H,22,24). The van der Waals surface area contributed by atoms with E-state index in [1.54, 1.807) is 25.1 Å². The van der Waals surface area contributed by atoms with Crippen LogP contribution in [-0.4, -0.2) is 26.0 Å². The van der Waals surface area contributed by atoms with Gasteiger partial charge >= 0.3 is 11.8 Å². The molecule has 0 aliphatic rings. The van der Waals surface area contributed by atoms with Gasteiger partial charge < -0.3 is 20.1 Å². The lowest BCUT2D eigenvalue weighted by atomic mass is 10.1. The molecule has 26 heavy (non-hydrogen) atoms. The van der Waals surface area contributed by atoms with Gasteiger partial charge in [0.2, 0.25) is 0 Å². The van der Waals surface area contributed by atoms with Crippen LogP contribution in [0.3, 0.4) is 0 Å². The minimum absolute atomic E-state index is 0.287. The minimum atomic E-state index is -1.07. The summed E-state index contributed by atoms with van der Waals surface area (Å²) in [5.74, 6) is -2.78. The maximum Gasteiger partial charge on any atom is 0.313 e. The Bertz CT molecular complexity index is 827. The third-order valence-electron chi connectivity index (χ3n) is 3.64. The lowest BCUT2D eigenvalue weighted by molar-refractivity contribution is -0.136. The Morgan fingerprint density at radius 3 is 2.27 bits per heavy atom. The van der Waals surface area contributed by atoms with Crippen LogP contribution < -0.4 is 20.1 Å². The van der Waals surface area contributed by atoms with Gasteiger partial charge in [-0.25, -0.2) is 8.78 Å². The summed E-state index contributed by atoms with van der Waals surface area (Å²) in [4.78, 5) is 23.9. The molecular weight excluding hydrogens is 346 g/mol. The molecule has 0 bridgehead atoms. The summed E-state index contributed by atoms with van der Waals surface area (Å²) < 4.78 is 36.7. The van der Waals surface area contributed by atoms with Crippen molar-refractivity contribution in [2.24, 2.45) is 0 Å². The van der Waals surface area contributed by atoms with Gasteiger partial charge in [0.1, 0.15) is 11.6 Å². The largest absolute Gasteiger partial charge is 0.493 e. The van der Waals surface area contributed by atoms with Gasteiger partial charge in [-0.3, -0.25) is 9.59 Å². The Labute approximate surface area is 149 Å². The number of hydrogen-bond donors (Lipinski definition) is 2. The van der Waals surface area contributed by atoms with Crippen molar-refractivity contribution < 1.29 is 27.8 Å². The van der Waals surface area contributed by atoms with Crippen LogP contribution in [0.15, 0.2) is 36.4 Å². The van der Waals surface area contributed by atoms with Crippen LogP contribution in [0, 0.1) is 11.6 Å². The maximum absolute atomic E-state index is 13.5. The number of benzene rings is 2. The first-order valence-electron chi connectivity index (χ1n) is 7.64. The van der Waals surface area contributed by atoms with Gasteiger partial charge in [0.25, 0.3) is 0 Å². The molecule has 0 aliphatic carbocycles. The van der Waals surface area contributed by atoms with Gasteiger partial charge in [0, 0.05) is 6.07 Å². The molecule has 0 radical (unpaired) electrons.